The number of benzene rings is 1. The minimum absolute atomic E-state index is 0.0507. The minimum Gasteiger partial charge on any atom is -0.461 e. The van der Waals surface area contributed by atoms with Crippen LogP contribution in [0.4, 0.5) is 4.39 Å². The standard InChI is InChI=1S/C12H14FNO2/c13-7-11(8-14)9-16-12(15)6-10-4-2-1-3-5-10/h1-5,7H,6,8-9,14H2/b11-7+. The van der Waals surface area contributed by atoms with Crippen LogP contribution in [-0.2, 0) is 16.0 Å². The number of rotatable bonds is 5. The first kappa shape index (κ1) is 12.4. The van der Waals surface area contributed by atoms with Gasteiger partial charge in [-0.15, -0.1) is 0 Å². The van der Waals surface area contributed by atoms with Crippen LogP contribution in [0.1, 0.15) is 5.56 Å². The maximum Gasteiger partial charge on any atom is 0.310 e. The van der Waals surface area contributed by atoms with Crippen molar-refractivity contribution in [2.75, 3.05) is 13.2 Å². The molecule has 0 unspecified atom stereocenters. The van der Waals surface area contributed by atoms with Crippen molar-refractivity contribution in [3.63, 3.8) is 0 Å². The quantitative estimate of drug-likeness (QED) is 0.771. The zero-order chi connectivity index (χ0) is 11.8. The van der Waals surface area contributed by atoms with E-state index < -0.39 is 0 Å². The zero-order valence-electron chi connectivity index (χ0n) is 8.86. The van der Waals surface area contributed by atoms with Crippen LogP contribution < -0.4 is 5.73 Å². The van der Waals surface area contributed by atoms with Gasteiger partial charge in [0.2, 0.25) is 0 Å². The van der Waals surface area contributed by atoms with Gasteiger partial charge in [0.1, 0.15) is 6.61 Å². The summed E-state index contributed by atoms with van der Waals surface area (Å²) >= 11 is 0. The monoisotopic (exact) mass is 223 g/mol. The Morgan fingerprint density at radius 1 is 1.38 bits per heavy atom. The van der Waals surface area contributed by atoms with Crippen LogP contribution >= 0.6 is 0 Å². The van der Waals surface area contributed by atoms with Gasteiger partial charge >= 0.3 is 5.97 Å². The molecule has 0 aliphatic carbocycles. The van der Waals surface area contributed by atoms with E-state index in [0.29, 0.717) is 6.33 Å². The highest BCUT2D eigenvalue weighted by Gasteiger charge is 2.05. The molecule has 1 aromatic rings. The number of carbonyl (C=O) groups is 1. The molecule has 0 spiro atoms. The summed E-state index contributed by atoms with van der Waals surface area (Å²) in [5.41, 5.74) is 6.35. The molecule has 1 aromatic carbocycles. The molecule has 0 aliphatic heterocycles. The van der Waals surface area contributed by atoms with E-state index in [2.05, 4.69) is 0 Å². The van der Waals surface area contributed by atoms with E-state index in [9.17, 15) is 9.18 Å². The molecule has 0 aromatic heterocycles. The van der Waals surface area contributed by atoms with Crippen molar-refractivity contribution >= 4 is 5.97 Å². The van der Waals surface area contributed by atoms with Gasteiger partial charge in [0.25, 0.3) is 0 Å². The topological polar surface area (TPSA) is 52.3 Å². The average molecular weight is 223 g/mol. The fourth-order valence-electron chi connectivity index (χ4n) is 1.12. The number of hydrogen-bond donors (Lipinski definition) is 1. The first-order valence-electron chi connectivity index (χ1n) is 4.94. The molecule has 0 bridgehead atoms. The van der Waals surface area contributed by atoms with Crippen molar-refractivity contribution in [1.82, 2.24) is 0 Å². The summed E-state index contributed by atoms with van der Waals surface area (Å²) in [4.78, 5) is 11.3. The first-order valence-corrected chi connectivity index (χ1v) is 4.94. The number of esters is 1. The van der Waals surface area contributed by atoms with Gasteiger partial charge in [-0.25, -0.2) is 4.39 Å². The summed E-state index contributed by atoms with van der Waals surface area (Å²) in [7, 11) is 0. The second-order valence-electron chi connectivity index (χ2n) is 3.29. The van der Waals surface area contributed by atoms with Crippen molar-refractivity contribution in [3.8, 4) is 0 Å². The number of ether oxygens (including phenoxy) is 1. The zero-order valence-corrected chi connectivity index (χ0v) is 8.86. The van der Waals surface area contributed by atoms with Crippen LogP contribution in [-0.4, -0.2) is 19.1 Å². The van der Waals surface area contributed by atoms with Crippen LogP contribution in [0.25, 0.3) is 0 Å². The summed E-state index contributed by atoms with van der Waals surface area (Å²) in [6.45, 7) is -0.0339. The molecular weight excluding hydrogens is 209 g/mol. The second-order valence-corrected chi connectivity index (χ2v) is 3.29. The summed E-state index contributed by atoms with van der Waals surface area (Å²) in [6.07, 6.45) is 0.556. The van der Waals surface area contributed by atoms with Gasteiger partial charge in [0, 0.05) is 12.1 Å². The molecule has 4 heteroatoms. The van der Waals surface area contributed by atoms with Crippen LogP contribution in [0.2, 0.25) is 0 Å². The van der Waals surface area contributed by atoms with E-state index in [1.807, 2.05) is 30.3 Å². The molecule has 0 fully saturated rings. The smallest absolute Gasteiger partial charge is 0.310 e. The SMILES string of the molecule is NC/C(=C\F)COC(=O)Cc1ccccc1. The summed E-state index contributed by atoms with van der Waals surface area (Å²) in [6, 6.07) is 9.21. The Morgan fingerprint density at radius 2 is 2.06 bits per heavy atom. The molecule has 86 valence electrons. The molecule has 16 heavy (non-hydrogen) atoms. The minimum atomic E-state index is -0.390. The fraction of sp³-hybridized carbons (Fsp3) is 0.250. The van der Waals surface area contributed by atoms with E-state index in [0.717, 1.165) is 5.56 Å². The van der Waals surface area contributed by atoms with Crippen molar-refractivity contribution < 1.29 is 13.9 Å². The van der Waals surface area contributed by atoms with Gasteiger partial charge in [-0.05, 0) is 5.56 Å². The Bertz CT molecular complexity index is 363. The largest absolute Gasteiger partial charge is 0.461 e. The third kappa shape index (κ3) is 4.23. The van der Waals surface area contributed by atoms with Gasteiger partial charge < -0.3 is 10.5 Å². The maximum absolute atomic E-state index is 12.1. The Morgan fingerprint density at radius 3 is 2.62 bits per heavy atom. The van der Waals surface area contributed by atoms with Crippen LogP contribution in [0.5, 0.6) is 0 Å². The van der Waals surface area contributed by atoms with E-state index in [1.54, 1.807) is 0 Å². The summed E-state index contributed by atoms with van der Waals surface area (Å²) in [5.74, 6) is -0.390. The van der Waals surface area contributed by atoms with Gasteiger partial charge in [-0.1, -0.05) is 30.3 Å². The molecule has 0 atom stereocenters. The van der Waals surface area contributed by atoms with Gasteiger partial charge in [-0.3, -0.25) is 4.79 Å². The van der Waals surface area contributed by atoms with Crippen molar-refractivity contribution in [2.24, 2.45) is 5.73 Å². The third-order valence-corrected chi connectivity index (χ3v) is 2.03. The van der Waals surface area contributed by atoms with Crippen LogP contribution in [0.15, 0.2) is 42.2 Å². The predicted molar refractivity (Wildman–Crippen MR) is 59.4 cm³/mol. The Kier molecular flexibility index (Phi) is 5.22. The number of hydrogen-bond acceptors (Lipinski definition) is 3. The highest BCUT2D eigenvalue weighted by atomic mass is 19.1. The Labute approximate surface area is 93.7 Å². The van der Waals surface area contributed by atoms with E-state index >= 15 is 0 Å². The third-order valence-electron chi connectivity index (χ3n) is 2.03. The Hall–Kier alpha value is -1.68. The van der Waals surface area contributed by atoms with Gasteiger partial charge in [0.15, 0.2) is 0 Å². The highest BCUT2D eigenvalue weighted by molar-refractivity contribution is 5.72. The molecule has 2 N–H and O–H groups in total. The first-order chi connectivity index (χ1) is 7.76. The Balaban J connectivity index is 2.37. The summed E-state index contributed by atoms with van der Waals surface area (Å²) < 4.78 is 17.0. The molecular formula is C12H14FNO2. The lowest BCUT2D eigenvalue weighted by molar-refractivity contribution is -0.141. The molecule has 0 saturated carbocycles. The summed E-state index contributed by atoms with van der Waals surface area (Å²) in [5, 5.41) is 0. The van der Waals surface area contributed by atoms with Crippen molar-refractivity contribution in [2.45, 2.75) is 6.42 Å². The molecule has 0 heterocycles. The molecule has 0 saturated heterocycles. The predicted octanol–water partition coefficient (Wildman–Crippen LogP) is 1.58. The molecule has 0 aliphatic rings. The van der Waals surface area contributed by atoms with Gasteiger partial charge in [-0.2, -0.15) is 0 Å². The maximum atomic E-state index is 12.1. The van der Waals surface area contributed by atoms with E-state index in [-0.39, 0.29) is 31.1 Å². The second kappa shape index (κ2) is 6.74. The number of nitrogens with two attached hydrogens (primary N) is 1. The van der Waals surface area contributed by atoms with Crippen LogP contribution in [0, 0.1) is 0 Å². The fourth-order valence-corrected chi connectivity index (χ4v) is 1.12. The normalized spacial score (nSPS) is 11.2. The molecule has 0 radical (unpaired) electrons. The molecule has 1 rings (SSSR count). The lowest BCUT2D eigenvalue weighted by Crippen LogP contribution is -2.14. The van der Waals surface area contributed by atoms with E-state index in [1.165, 1.54) is 0 Å². The number of carbonyl (C=O) groups excluding carboxylic acids is 1. The van der Waals surface area contributed by atoms with Crippen LogP contribution in [0.3, 0.4) is 0 Å². The van der Waals surface area contributed by atoms with E-state index in [4.69, 9.17) is 10.5 Å². The highest BCUT2D eigenvalue weighted by Crippen LogP contribution is 2.02. The number of halogens is 1. The van der Waals surface area contributed by atoms with Crippen molar-refractivity contribution in [1.29, 1.82) is 0 Å². The van der Waals surface area contributed by atoms with Gasteiger partial charge in [0.05, 0.1) is 12.8 Å². The lowest BCUT2D eigenvalue weighted by atomic mass is 10.2. The average Bonchev–Trinajstić information content (AvgIpc) is 2.31. The molecule has 3 nitrogen and oxygen atoms in total. The molecule has 0 amide bonds. The van der Waals surface area contributed by atoms with Crippen molar-refractivity contribution in [3.05, 3.63) is 47.8 Å². The lowest BCUT2D eigenvalue weighted by Gasteiger charge is -2.05.